The molecule has 2 aromatic rings. The Labute approximate surface area is 128 Å². The van der Waals surface area contributed by atoms with Crippen LogP contribution in [0.25, 0.3) is 0 Å². The van der Waals surface area contributed by atoms with Crippen molar-refractivity contribution >= 4 is 15.9 Å². The molecule has 0 saturated carbocycles. The molecule has 1 nitrogen and oxygen atoms in total. The Bertz CT molecular complexity index is 566. The molecule has 0 saturated heterocycles. The fourth-order valence-electron chi connectivity index (χ4n) is 2.10. The zero-order valence-corrected chi connectivity index (χ0v) is 13.4. The van der Waals surface area contributed by atoms with Gasteiger partial charge in [-0.15, -0.1) is 0 Å². The van der Waals surface area contributed by atoms with E-state index in [9.17, 15) is 4.39 Å². The maximum atomic E-state index is 13.2. The van der Waals surface area contributed by atoms with E-state index in [2.05, 4.69) is 59.4 Å². The van der Waals surface area contributed by atoms with Gasteiger partial charge in [-0.3, -0.25) is 0 Å². The second-order valence-electron chi connectivity index (χ2n) is 4.93. The van der Waals surface area contributed by atoms with Gasteiger partial charge < -0.3 is 5.32 Å². The Balaban J connectivity index is 2.00. The third-order valence-electron chi connectivity index (χ3n) is 3.49. The number of hydrogen-bond acceptors (Lipinski definition) is 1. The molecule has 2 rings (SSSR count). The molecular formula is C17H19BrFN. The largest absolute Gasteiger partial charge is 0.306 e. The Morgan fingerprint density at radius 2 is 1.85 bits per heavy atom. The molecule has 1 unspecified atom stereocenters. The highest BCUT2D eigenvalue weighted by Crippen LogP contribution is 2.20. The molecule has 1 atom stereocenters. The van der Waals surface area contributed by atoms with Crippen molar-refractivity contribution in [1.82, 2.24) is 5.32 Å². The molecule has 0 radical (unpaired) electrons. The van der Waals surface area contributed by atoms with Crippen molar-refractivity contribution < 1.29 is 4.39 Å². The molecule has 0 aliphatic rings. The van der Waals surface area contributed by atoms with Gasteiger partial charge in [0, 0.05) is 17.1 Å². The maximum Gasteiger partial charge on any atom is 0.123 e. The van der Waals surface area contributed by atoms with Gasteiger partial charge in [-0.25, -0.2) is 4.39 Å². The summed E-state index contributed by atoms with van der Waals surface area (Å²) in [6.07, 6.45) is 1.05. The van der Waals surface area contributed by atoms with Crippen LogP contribution in [0.3, 0.4) is 0 Å². The molecule has 0 aliphatic carbocycles. The fourth-order valence-corrected chi connectivity index (χ4v) is 2.49. The molecule has 0 heterocycles. The Kier molecular flexibility index (Phi) is 5.32. The lowest BCUT2D eigenvalue weighted by Crippen LogP contribution is -2.18. The molecule has 20 heavy (non-hydrogen) atoms. The number of aryl methyl sites for hydroxylation is 1. The number of nitrogens with one attached hydrogen (secondary N) is 1. The van der Waals surface area contributed by atoms with Gasteiger partial charge in [-0.05, 0) is 48.2 Å². The molecule has 0 bridgehead atoms. The summed E-state index contributed by atoms with van der Waals surface area (Å²) in [5, 5.41) is 3.42. The summed E-state index contributed by atoms with van der Waals surface area (Å²) in [7, 11) is 0. The van der Waals surface area contributed by atoms with Gasteiger partial charge in [0.1, 0.15) is 5.82 Å². The van der Waals surface area contributed by atoms with Crippen LogP contribution in [0.15, 0.2) is 46.9 Å². The summed E-state index contributed by atoms with van der Waals surface area (Å²) in [6.45, 7) is 4.90. The quantitative estimate of drug-likeness (QED) is 0.810. The molecular weight excluding hydrogens is 317 g/mol. The predicted octanol–water partition coefficient (Wildman–Crippen LogP) is 5.00. The van der Waals surface area contributed by atoms with Crippen molar-refractivity contribution in [1.29, 1.82) is 0 Å². The van der Waals surface area contributed by atoms with E-state index in [4.69, 9.17) is 0 Å². The van der Waals surface area contributed by atoms with Crippen LogP contribution in [0.4, 0.5) is 4.39 Å². The first-order valence-electron chi connectivity index (χ1n) is 6.86. The molecule has 0 spiro atoms. The average molecular weight is 336 g/mol. The third-order valence-corrected chi connectivity index (χ3v) is 4.27. The molecule has 0 amide bonds. The van der Waals surface area contributed by atoms with E-state index in [1.54, 1.807) is 12.1 Å². The maximum absolute atomic E-state index is 13.2. The molecule has 1 N–H and O–H groups in total. The average Bonchev–Trinajstić information content (AvgIpc) is 2.48. The minimum atomic E-state index is -0.204. The topological polar surface area (TPSA) is 12.0 Å². The Hall–Kier alpha value is -1.19. The van der Waals surface area contributed by atoms with Gasteiger partial charge in [0.2, 0.25) is 0 Å². The smallest absolute Gasteiger partial charge is 0.123 e. The number of halogens is 2. The van der Waals surface area contributed by atoms with E-state index >= 15 is 0 Å². The van der Waals surface area contributed by atoms with Crippen molar-refractivity contribution in [2.45, 2.75) is 32.9 Å². The van der Waals surface area contributed by atoms with Gasteiger partial charge >= 0.3 is 0 Å². The summed E-state index contributed by atoms with van der Waals surface area (Å²) in [6, 6.07) is 13.6. The number of rotatable bonds is 5. The fraction of sp³-hybridized carbons (Fsp3) is 0.294. The number of benzene rings is 2. The molecule has 0 aliphatic heterocycles. The van der Waals surface area contributed by atoms with Crippen LogP contribution in [-0.2, 0) is 13.0 Å². The molecule has 3 heteroatoms. The van der Waals surface area contributed by atoms with Crippen LogP contribution >= 0.6 is 15.9 Å². The van der Waals surface area contributed by atoms with Crippen LogP contribution in [0.5, 0.6) is 0 Å². The van der Waals surface area contributed by atoms with Crippen LogP contribution in [-0.4, -0.2) is 0 Å². The van der Waals surface area contributed by atoms with E-state index in [0.29, 0.717) is 6.54 Å². The van der Waals surface area contributed by atoms with Crippen molar-refractivity contribution in [3.05, 3.63) is 69.4 Å². The van der Waals surface area contributed by atoms with Gasteiger partial charge in [0.05, 0.1) is 0 Å². The van der Waals surface area contributed by atoms with Crippen LogP contribution in [0.2, 0.25) is 0 Å². The normalized spacial score (nSPS) is 12.4. The molecule has 2 aromatic carbocycles. The summed E-state index contributed by atoms with van der Waals surface area (Å²) in [5.41, 5.74) is 3.52. The Morgan fingerprint density at radius 3 is 2.50 bits per heavy atom. The minimum absolute atomic E-state index is 0.204. The third kappa shape index (κ3) is 3.90. The lowest BCUT2D eigenvalue weighted by Gasteiger charge is -2.15. The second kappa shape index (κ2) is 7.00. The lowest BCUT2D eigenvalue weighted by molar-refractivity contribution is 0.568. The van der Waals surface area contributed by atoms with Gasteiger partial charge in [-0.1, -0.05) is 47.1 Å². The van der Waals surface area contributed by atoms with E-state index in [-0.39, 0.29) is 11.9 Å². The van der Waals surface area contributed by atoms with E-state index in [1.165, 1.54) is 17.2 Å². The highest BCUT2D eigenvalue weighted by Gasteiger charge is 2.07. The van der Waals surface area contributed by atoms with Crippen molar-refractivity contribution in [2.24, 2.45) is 0 Å². The van der Waals surface area contributed by atoms with Crippen LogP contribution in [0.1, 0.15) is 36.6 Å². The molecule has 0 fully saturated rings. The minimum Gasteiger partial charge on any atom is -0.306 e. The van der Waals surface area contributed by atoms with E-state index < -0.39 is 0 Å². The van der Waals surface area contributed by atoms with Crippen LogP contribution in [0, 0.1) is 5.82 Å². The first kappa shape index (κ1) is 15.2. The zero-order valence-electron chi connectivity index (χ0n) is 11.8. The van der Waals surface area contributed by atoms with E-state index in [0.717, 1.165) is 16.5 Å². The highest BCUT2D eigenvalue weighted by molar-refractivity contribution is 9.10. The molecule has 106 valence electrons. The summed E-state index contributed by atoms with van der Waals surface area (Å²) >= 11 is 3.45. The standard InChI is InChI=1S/C17H19BrFN/c1-3-13-4-6-14(7-5-13)12(2)20-11-15-10-16(19)8-9-17(15)18/h4-10,12,20H,3,11H2,1-2H3. The van der Waals surface area contributed by atoms with Crippen molar-refractivity contribution in [3.8, 4) is 0 Å². The monoisotopic (exact) mass is 335 g/mol. The van der Waals surface area contributed by atoms with Crippen LogP contribution < -0.4 is 5.32 Å². The first-order valence-corrected chi connectivity index (χ1v) is 7.65. The van der Waals surface area contributed by atoms with E-state index in [1.807, 2.05) is 0 Å². The van der Waals surface area contributed by atoms with Crippen molar-refractivity contribution in [3.63, 3.8) is 0 Å². The zero-order chi connectivity index (χ0) is 14.5. The van der Waals surface area contributed by atoms with Gasteiger partial charge in [0.25, 0.3) is 0 Å². The Morgan fingerprint density at radius 1 is 1.15 bits per heavy atom. The summed E-state index contributed by atoms with van der Waals surface area (Å²) in [4.78, 5) is 0. The van der Waals surface area contributed by atoms with Gasteiger partial charge in [-0.2, -0.15) is 0 Å². The highest BCUT2D eigenvalue weighted by atomic mass is 79.9. The molecule has 0 aromatic heterocycles. The number of hydrogen-bond donors (Lipinski definition) is 1. The lowest BCUT2D eigenvalue weighted by atomic mass is 10.0. The SMILES string of the molecule is CCc1ccc(C(C)NCc2cc(F)ccc2Br)cc1. The summed E-state index contributed by atoms with van der Waals surface area (Å²) < 4.78 is 14.2. The second-order valence-corrected chi connectivity index (χ2v) is 5.79. The van der Waals surface area contributed by atoms with Crippen molar-refractivity contribution in [2.75, 3.05) is 0 Å². The predicted molar refractivity (Wildman–Crippen MR) is 85.2 cm³/mol. The van der Waals surface area contributed by atoms with Gasteiger partial charge in [0.15, 0.2) is 0 Å². The summed E-state index contributed by atoms with van der Waals surface area (Å²) in [5.74, 6) is -0.204. The first-order chi connectivity index (χ1) is 9.60.